The van der Waals surface area contributed by atoms with E-state index in [1.165, 1.54) is 12.8 Å². The molecule has 2 aromatic heterocycles. The summed E-state index contributed by atoms with van der Waals surface area (Å²) in [5, 5.41) is 4.58. The zero-order chi connectivity index (χ0) is 17.5. The Kier molecular flexibility index (Phi) is 3.73. The Morgan fingerprint density at radius 2 is 1.88 bits per heavy atom. The first-order valence-corrected chi connectivity index (χ1v) is 9.37. The molecular formula is C21H21N3O2. The number of Topliss-reactive ketones (excluding diaryl/α,β-unsaturated/α-hetero) is 1. The van der Waals surface area contributed by atoms with Crippen molar-refractivity contribution in [3.63, 3.8) is 0 Å². The molecule has 2 saturated carbocycles. The molecule has 0 unspecified atom stereocenters. The van der Waals surface area contributed by atoms with Crippen molar-refractivity contribution in [2.45, 2.75) is 32.1 Å². The summed E-state index contributed by atoms with van der Waals surface area (Å²) in [7, 11) is 0. The van der Waals surface area contributed by atoms with Crippen molar-refractivity contribution in [3.05, 3.63) is 48.3 Å². The lowest BCUT2D eigenvalue weighted by Gasteiger charge is -2.07. The van der Waals surface area contributed by atoms with Crippen LogP contribution >= 0.6 is 0 Å². The topological polar surface area (TPSA) is 56.5 Å². The summed E-state index contributed by atoms with van der Waals surface area (Å²) in [6, 6.07) is 14.0. The van der Waals surface area contributed by atoms with Crippen molar-refractivity contribution in [2.75, 3.05) is 6.61 Å². The summed E-state index contributed by atoms with van der Waals surface area (Å²) in [5.74, 6) is 2.76. The second-order valence-corrected chi connectivity index (χ2v) is 7.41. The lowest BCUT2D eigenvalue weighted by atomic mass is 10.1. The van der Waals surface area contributed by atoms with E-state index in [-0.39, 0.29) is 11.7 Å². The molecule has 5 rings (SSSR count). The Morgan fingerprint density at radius 1 is 1.08 bits per heavy atom. The quantitative estimate of drug-likeness (QED) is 0.654. The highest BCUT2D eigenvalue weighted by atomic mass is 16.5. The molecule has 26 heavy (non-hydrogen) atoms. The normalized spacial score (nSPS) is 16.8. The summed E-state index contributed by atoms with van der Waals surface area (Å²) in [5.41, 5.74) is 2.79. The van der Waals surface area contributed by atoms with Gasteiger partial charge in [0.2, 0.25) is 0 Å². The van der Waals surface area contributed by atoms with E-state index in [0.717, 1.165) is 48.0 Å². The Balaban J connectivity index is 1.40. The number of pyridine rings is 1. The molecule has 2 aliphatic carbocycles. The number of fused-ring (bicyclic) bond motifs is 1. The van der Waals surface area contributed by atoms with Gasteiger partial charge < -0.3 is 4.74 Å². The summed E-state index contributed by atoms with van der Waals surface area (Å²) >= 11 is 0. The summed E-state index contributed by atoms with van der Waals surface area (Å²) in [6.45, 7) is 0.816. The van der Waals surface area contributed by atoms with E-state index in [4.69, 9.17) is 4.74 Å². The molecule has 0 spiro atoms. The van der Waals surface area contributed by atoms with Gasteiger partial charge in [0.15, 0.2) is 11.5 Å². The fourth-order valence-electron chi connectivity index (χ4n) is 3.17. The van der Waals surface area contributed by atoms with Gasteiger partial charge in [-0.05, 0) is 68.0 Å². The fourth-order valence-corrected chi connectivity index (χ4v) is 3.17. The van der Waals surface area contributed by atoms with Crippen LogP contribution < -0.4 is 4.74 Å². The predicted octanol–water partition coefficient (Wildman–Crippen LogP) is 3.71. The van der Waals surface area contributed by atoms with Crippen molar-refractivity contribution < 1.29 is 9.53 Å². The van der Waals surface area contributed by atoms with E-state index in [2.05, 4.69) is 10.1 Å². The monoisotopic (exact) mass is 347 g/mol. The largest absolute Gasteiger partial charge is 0.493 e. The van der Waals surface area contributed by atoms with Gasteiger partial charge in [-0.2, -0.15) is 5.10 Å². The molecule has 1 aromatic carbocycles. The van der Waals surface area contributed by atoms with Gasteiger partial charge in [0.1, 0.15) is 11.5 Å². The predicted molar refractivity (Wildman–Crippen MR) is 98.1 cm³/mol. The van der Waals surface area contributed by atoms with E-state index in [1.807, 2.05) is 47.0 Å². The van der Waals surface area contributed by atoms with E-state index >= 15 is 0 Å². The maximum absolute atomic E-state index is 12.1. The fraction of sp³-hybridized carbons (Fsp3) is 0.381. The summed E-state index contributed by atoms with van der Waals surface area (Å²) in [6.07, 6.45) is 4.95. The number of benzene rings is 1. The highest BCUT2D eigenvalue weighted by Crippen LogP contribution is 2.31. The molecule has 2 fully saturated rings. The first-order chi connectivity index (χ1) is 12.8. The van der Waals surface area contributed by atoms with Gasteiger partial charge in [-0.15, -0.1) is 0 Å². The maximum atomic E-state index is 12.1. The van der Waals surface area contributed by atoms with Gasteiger partial charge >= 0.3 is 0 Å². The zero-order valence-electron chi connectivity index (χ0n) is 14.6. The molecule has 2 aliphatic rings. The lowest BCUT2D eigenvalue weighted by Crippen LogP contribution is -2.06. The van der Waals surface area contributed by atoms with Gasteiger partial charge in [0, 0.05) is 11.5 Å². The molecule has 0 radical (unpaired) electrons. The first-order valence-electron chi connectivity index (χ1n) is 9.37. The molecule has 0 aliphatic heterocycles. The van der Waals surface area contributed by atoms with Crippen LogP contribution in [0.25, 0.3) is 16.9 Å². The summed E-state index contributed by atoms with van der Waals surface area (Å²) < 4.78 is 7.64. The van der Waals surface area contributed by atoms with Crippen LogP contribution in [0.2, 0.25) is 0 Å². The first kappa shape index (κ1) is 15.6. The number of hydrogen-bond donors (Lipinski definition) is 0. The molecule has 0 N–H and O–H groups in total. The van der Waals surface area contributed by atoms with Crippen LogP contribution in [0.5, 0.6) is 5.75 Å². The Morgan fingerprint density at radius 3 is 2.62 bits per heavy atom. The van der Waals surface area contributed by atoms with Crippen molar-refractivity contribution in [1.29, 1.82) is 0 Å². The molecule has 3 aromatic rings. The standard InChI is InChI=1S/C21H21N3O2/c25-19(16-6-7-16)12-20-22-21-3-1-2-18(24(21)23-20)15-8-10-17(11-9-15)26-13-14-4-5-14/h1-3,8-11,14,16H,4-7,12-13H2. The van der Waals surface area contributed by atoms with E-state index < -0.39 is 0 Å². The van der Waals surface area contributed by atoms with Crippen LogP contribution in [0.3, 0.4) is 0 Å². The third kappa shape index (κ3) is 3.21. The average molecular weight is 347 g/mol. The molecule has 0 atom stereocenters. The third-order valence-electron chi connectivity index (χ3n) is 5.10. The molecule has 5 nitrogen and oxygen atoms in total. The minimum Gasteiger partial charge on any atom is -0.493 e. The van der Waals surface area contributed by atoms with Crippen molar-refractivity contribution >= 4 is 11.4 Å². The second-order valence-electron chi connectivity index (χ2n) is 7.41. The Hall–Kier alpha value is -2.69. The Labute approximate surface area is 152 Å². The van der Waals surface area contributed by atoms with E-state index in [0.29, 0.717) is 12.2 Å². The van der Waals surface area contributed by atoms with Crippen molar-refractivity contribution in [2.24, 2.45) is 11.8 Å². The van der Waals surface area contributed by atoms with Gasteiger partial charge in [-0.25, -0.2) is 9.50 Å². The zero-order valence-corrected chi connectivity index (χ0v) is 14.6. The van der Waals surface area contributed by atoms with Crippen molar-refractivity contribution in [3.8, 4) is 17.0 Å². The number of ether oxygens (including phenoxy) is 1. The number of carbonyl (C=O) groups excluding carboxylic acids is 1. The highest BCUT2D eigenvalue weighted by molar-refractivity contribution is 5.84. The minimum absolute atomic E-state index is 0.240. The SMILES string of the molecule is O=C(Cc1nc2cccc(-c3ccc(OCC4CC4)cc3)n2n1)C1CC1. The molecule has 0 bridgehead atoms. The molecule has 2 heterocycles. The molecule has 5 heteroatoms. The van der Waals surface area contributed by atoms with Crippen LogP contribution in [0.1, 0.15) is 31.5 Å². The van der Waals surface area contributed by atoms with Crippen LogP contribution in [0.15, 0.2) is 42.5 Å². The van der Waals surface area contributed by atoms with E-state index in [9.17, 15) is 4.79 Å². The second kappa shape index (κ2) is 6.24. The smallest absolute Gasteiger partial charge is 0.159 e. The van der Waals surface area contributed by atoms with Gasteiger partial charge in [0.05, 0.1) is 18.7 Å². The number of ketones is 1. The Bertz CT molecular complexity index is 953. The summed E-state index contributed by atoms with van der Waals surface area (Å²) in [4.78, 5) is 16.6. The number of aromatic nitrogens is 3. The lowest BCUT2D eigenvalue weighted by molar-refractivity contribution is -0.119. The van der Waals surface area contributed by atoms with Crippen LogP contribution in [0, 0.1) is 11.8 Å². The number of hydrogen-bond acceptors (Lipinski definition) is 4. The van der Waals surface area contributed by atoms with E-state index in [1.54, 1.807) is 0 Å². The van der Waals surface area contributed by atoms with Crippen LogP contribution in [-0.4, -0.2) is 27.0 Å². The van der Waals surface area contributed by atoms with Crippen LogP contribution in [0.4, 0.5) is 0 Å². The number of rotatable bonds is 7. The van der Waals surface area contributed by atoms with Crippen LogP contribution in [-0.2, 0) is 11.2 Å². The van der Waals surface area contributed by atoms with Crippen molar-refractivity contribution in [1.82, 2.24) is 14.6 Å². The maximum Gasteiger partial charge on any atom is 0.159 e. The molecule has 0 amide bonds. The average Bonchev–Trinajstić information content (AvgIpc) is 3.57. The third-order valence-corrected chi connectivity index (χ3v) is 5.10. The molecule has 132 valence electrons. The number of nitrogens with zero attached hydrogens (tertiary/aromatic N) is 3. The molecule has 0 saturated heterocycles. The van der Waals surface area contributed by atoms with Gasteiger partial charge in [-0.1, -0.05) is 6.07 Å². The minimum atomic E-state index is 0.240. The molecular weight excluding hydrogens is 326 g/mol. The highest BCUT2D eigenvalue weighted by Gasteiger charge is 2.30. The number of carbonyl (C=O) groups is 1. The van der Waals surface area contributed by atoms with Gasteiger partial charge in [0.25, 0.3) is 0 Å². The van der Waals surface area contributed by atoms with Gasteiger partial charge in [-0.3, -0.25) is 4.79 Å².